The summed E-state index contributed by atoms with van der Waals surface area (Å²) in [4.78, 5) is 13.3. The van der Waals surface area contributed by atoms with Gasteiger partial charge in [0.2, 0.25) is 0 Å². The Hall–Kier alpha value is -2.32. The third-order valence-corrected chi connectivity index (χ3v) is 2.80. The Balaban J connectivity index is 2.56. The molecule has 0 atom stereocenters. The van der Waals surface area contributed by atoms with E-state index in [1.807, 2.05) is 6.07 Å². The molecule has 0 spiro atoms. The number of aromatic nitrogens is 2. The Morgan fingerprint density at radius 3 is 2.79 bits per heavy atom. The van der Waals surface area contributed by atoms with Crippen LogP contribution in [0.2, 0.25) is 5.02 Å². The minimum absolute atomic E-state index is 0.195. The molecule has 6 heteroatoms. The highest BCUT2D eigenvalue weighted by Gasteiger charge is 2.19. The topological polar surface area (TPSA) is 61.9 Å². The van der Waals surface area contributed by atoms with Crippen molar-refractivity contribution >= 4 is 17.5 Å². The minimum atomic E-state index is -0.259. The fourth-order valence-corrected chi connectivity index (χ4v) is 1.84. The molecule has 5 nitrogen and oxygen atoms in total. The summed E-state index contributed by atoms with van der Waals surface area (Å²) >= 11 is 5.91. The van der Waals surface area contributed by atoms with Crippen LogP contribution in [-0.2, 0) is 0 Å². The van der Waals surface area contributed by atoms with Crippen molar-refractivity contribution < 1.29 is 4.79 Å². The third kappa shape index (κ3) is 2.44. The zero-order valence-corrected chi connectivity index (χ0v) is 11.2. The van der Waals surface area contributed by atoms with Gasteiger partial charge in [-0.1, -0.05) is 17.7 Å². The molecule has 0 saturated heterocycles. The van der Waals surface area contributed by atoms with Crippen LogP contribution in [0.15, 0.2) is 30.5 Å². The predicted molar refractivity (Wildman–Crippen MR) is 71.3 cm³/mol. The summed E-state index contributed by atoms with van der Waals surface area (Å²) in [7, 11) is 3.25. The maximum atomic E-state index is 11.9. The molecule has 0 fully saturated rings. The number of carbonyl (C=O) groups is 1. The fraction of sp³-hybridized carbons (Fsp3) is 0.154. The summed E-state index contributed by atoms with van der Waals surface area (Å²) in [6.07, 6.45) is 1.39. The standard InChI is InChI=1S/C13H11ClN4O/c1-17(2)13(19)11-8-16-18(12(11)7-15)10-5-3-4-9(14)6-10/h3-6,8H,1-2H3. The predicted octanol–water partition coefficient (Wildman–Crippen LogP) is 2.10. The van der Waals surface area contributed by atoms with E-state index in [0.29, 0.717) is 10.7 Å². The zero-order chi connectivity index (χ0) is 14.0. The molecule has 1 aromatic carbocycles. The highest BCUT2D eigenvalue weighted by Crippen LogP contribution is 2.18. The molecule has 0 saturated carbocycles. The van der Waals surface area contributed by atoms with Crippen LogP contribution in [0.4, 0.5) is 0 Å². The van der Waals surface area contributed by atoms with E-state index >= 15 is 0 Å². The first-order valence-corrected chi connectivity index (χ1v) is 5.88. The van der Waals surface area contributed by atoms with E-state index in [9.17, 15) is 10.1 Å². The van der Waals surface area contributed by atoms with E-state index in [2.05, 4.69) is 5.10 Å². The van der Waals surface area contributed by atoms with E-state index < -0.39 is 0 Å². The smallest absolute Gasteiger partial charge is 0.257 e. The highest BCUT2D eigenvalue weighted by atomic mass is 35.5. The molecule has 0 unspecified atom stereocenters. The van der Waals surface area contributed by atoms with E-state index in [1.165, 1.54) is 15.8 Å². The van der Waals surface area contributed by atoms with Crippen molar-refractivity contribution in [2.45, 2.75) is 0 Å². The lowest BCUT2D eigenvalue weighted by atomic mass is 10.2. The third-order valence-electron chi connectivity index (χ3n) is 2.56. The Labute approximate surface area is 115 Å². The van der Waals surface area contributed by atoms with Crippen LogP contribution in [0, 0.1) is 11.3 Å². The molecular formula is C13H11ClN4O. The molecule has 0 aliphatic carbocycles. The second-order valence-corrected chi connectivity index (χ2v) is 4.55. The number of amides is 1. The molecule has 2 rings (SSSR count). The maximum Gasteiger partial charge on any atom is 0.257 e. The number of nitriles is 1. The number of hydrogen-bond acceptors (Lipinski definition) is 3. The summed E-state index contributed by atoms with van der Waals surface area (Å²) < 4.78 is 1.41. The Kier molecular flexibility index (Phi) is 3.54. The number of halogens is 1. The number of hydrogen-bond donors (Lipinski definition) is 0. The zero-order valence-electron chi connectivity index (χ0n) is 10.5. The maximum absolute atomic E-state index is 11.9. The highest BCUT2D eigenvalue weighted by molar-refractivity contribution is 6.30. The van der Waals surface area contributed by atoms with Crippen molar-refractivity contribution in [3.05, 3.63) is 46.7 Å². The molecule has 0 bridgehead atoms. The summed E-state index contributed by atoms with van der Waals surface area (Å²) in [5.74, 6) is -0.259. The van der Waals surface area contributed by atoms with Gasteiger partial charge < -0.3 is 4.90 Å². The van der Waals surface area contributed by atoms with Gasteiger partial charge in [0.05, 0.1) is 17.4 Å². The molecule has 0 radical (unpaired) electrons. The van der Waals surface area contributed by atoms with Gasteiger partial charge in [-0.25, -0.2) is 4.68 Å². The number of rotatable bonds is 2. The Morgan fingerprint density at radius 1 is 1.47 bits per heavy atom. The SMILES string of the molecule is CN(C)C(=O)c1cnn(-c2cccc(Cl)c2)c1C#N. The van der Waals surface area contributed by atoms with Crippen LogP contribution >= 0.6 is 11.6 Å². The molecule has 1 heterocycles. The van der Waals surface area contributed by atoms with E-state index in [0.717, 1.165) is 0 Å². The lowest BCUT2D eigenvalue weighted by Crippen LogP contribution is -2.22. The number of benzene rings is 1. The average Bonchev–Trinajstić information content (AvgIpc) is 2.81. The minimum Gasteiger partial charge on any atom is -0.345 e. The van der Waals surface area contributed by atoms with E-state index in [-0.39, 0.29) is 17.2 Å². The molecule has 0 aliphatic heterocycles. The van der Waals surface area contributed by atoms with Gasteiger partial charge in [0, 0.05) is 19.1 Å². The first-order valence-electron chi connectivity index (χ1n) is 5.50. The second kappa shape index (κ2) is 5.12. The molecule has 0 N–H and O–H groups in total. The molecule has 2 aromatic rings. The summed E-state index contributed by atoms with van der Waals surface area (Å²) in [5.41, 5.74) is 1.11. The molecule has 1 aromatic heterocycles. The van der Waals surface area contributed by atoms with Crippen LogP contribution in [0.25, 0.3) is 5.69 Å². The second-order valence-electron chi connectivity index (χ2n) is 4.11. The number of nitrogens with zero attached hydrogens (tertiary/aromatic N) is 4. The van der Waals surface area contributed by atoms with Crippen LogP contribution in [0.1, 0.15) is 16.1 Å². The number of carbonyl (C=O) groups excluding carboxylic acids is 1. The van der Waals surface area contributed by atoms with Gasteiger partial charge in [0.1, 0.15) is 6.07 Å². The summed E-state index contributed by atoms with van der Waals surface area (Å²) in [5, 5.41) is 13.9. The van der Waals surface area contributed by atoms with Crippen LogP contribution in [0.5, 0.6) is 0 Å². The van der Waals surface area contributed by atoms with Crippen molar-refractivity contribution in [2.24, 2.45) is 0 Å². The lowest BCUT2D eigenvalue weighted by Gasteiger charge is -2.09. The van der Waals surface area contributed by atoms with Gasteiger partial charge in [-0.15, -0.1) is 0 Å². The monoisotopic (exact) mass is 274 g/mol. The summed E-state index contributed by atoms with van der Waals surface area (Å²) in [6, 6.07) is 8.94. The first kappa shape index (κ1) is 13.1. The molecular weight excluding hydrogens is 264 g/mol. The largest absolute Gasteiger partial charge is 0.345 e. The van der Waals surface area contributed by atoms with Crippen molar-refractivity contribution in [1.82, 2.24) is 14.7 Å². The molecule has 96 valence electrons. The van der Waals surface area contributed by atoms with Gasteiger partial charge in [-0.05, 0) is 18.2 Å². The van der Waals surface area contributed by atoms with Crippen molar-refractivity contribution in [3.8, 4) is 11.8 Å². The quantitative estimate of drug-likeness (QED) is 0.842. The van der Waals surface area contributed by atoms with Crippen molar-refractivity contribution in [1.29, 1.82) is 5.26 Å². The van der Waals surface area contributed by atoms with Gasteiger partial charge in [0.15, 0.2) is 5.69 Å². The summed E-state index contributed by atoms with van der Waals surface area (Å²) in [6.45, 7) is 0. The van der Waals surface area contributed by atoms with Gasteiger partial charge in [-0.2, -0.15) is 10.4 Å². The normalized spacial score (nSPS) is 10.0. The fourth-order valence-electron chi connectivity index (χ4n) is 1.66. The first-order chi connectivity index (χ1) is 9.04. The Morgan fingerprint density at radius 2 is 2.21 bits per heavy atom. The van der Waals surface area contributed by atoms with E-state index in [4.69, 9.17) is 11.6 Å². The van der Waals surface area contributed by atoms with Crippen molar-refractivity contribution in [3.63, 3.8) is 0 Å². The Bertz CT molecular complexity index is 670. The average molecular weight is 275 g/mol. The van der Waals surface area contributed by atoms with Crippen LogP contribution < -0.4 is 0 Å². The molecule has 19 heavy (non-hydrogen) atoms. The van der Waals surface area contributed by atoms with Crippen molar-refractivity contribution in [2.75, 3.05) is 14.1 Å². The lowest BCUT2D eigenvalue weighted by molar-refractivity contribution is 0.0827. The van der Waals surface area contributed by atoms with Crippen LogP contribution in [0.3, 0.4) is 0 Å². The molecule has 0 aliphatic rings. The van der Waals surface area contributed by atoms with Gasteiger partial charge in [0.25, 0.3) is 5.91 Å². The van der Waals surface area contributed by atoms with Gasteiger partial charge in [-0.3, -0.25) is 4.79 Å². The van der Waals surface area contributed by atoms with Crippen LogP contribution in [-0.4, -0.2) is 34.7 Å². The van der Waals surface area contributed by atoms with E-state index in [1.54, 1.807) is 38.4 Å². The molecule has 1 amide bonds. The van der Waals surface area contributed by atoms with Gasteiger partial charge >= 0.3 is 0 Å².